The number of fused-ring (bicyclic) bond motifs is 1. The Kier molecular flexibility index (Phi) is 3.01. The molecule has 0 aliphatic rings. The van der Waals surface area contributed by atoms with Gasteiger partial charge in [-0.25, -0.2) is 4.39 Å². The molecule has 3 N–H and O–H groups in total. The number of anilines is 2. The molecule has 2 aromatic rings. The van der Waals surface area contributed by atoms with Gasteiger partial charge in [-0.2, -0.15) is 0 Å². The fourth-order valence-electron chi connectivity index (χ4n) is 1.87. The van der Waals surface area contributed by atoms with Crippen LogP contribution in [0.2, 0.25) is 0 Å². The molecular weight excluding hydrogens is 237 g/mol. The molecule has 94 valence electrons. The van der Waals surface area contributed by atoms with E-state index in [2.05, 4.69) is 4.98 Å². The topological polar surface area (TPSA) is 79.5 Å². The highest BCUT2D eigenvalue weighted by Gasteiger charge is 2.17. The summed E-state index contributed by atoms with van der Waals surface area (Å²) >= 11 is 0. The second-order valence-electron chi connectivity index (χ2n) is 3.95. The number of aromatic nitrogens is 1. The van der Waals surface area contributed by atoms with Crippen molar-refractivity contribution >= 4 is 28.2 Å². The van der Waals surface area contributed by atoms with Crippen LogP contribution in [0.5, 0.6) is 0 Å². The van der Waals surface area contributed by atoms with Gasteiger partial charge in [0.05, 0.1) is 5.52 Å². The summed E-state index contributed by atoms with van der Waals surface area (Å²) in [6, 6.07) is 4.59. The first kappa shape index (κ1) is 12.1. The largest absolute Gasteiger partial charge is 0.480 e. The maximum atomic E-state index is 13.9. The average molecular weight is 249 g/mol. The zero-order chi connectivity index (χ0) is 13.3. The van der Waals surface area contributed by atoms with Crippen LogP contribution in [0.1, 0.15) is 0 Å². The van der Waals surface area contributed by atoms with Crippen molar-refractivity contribution in [3.63, 3.8) is 0 Å². The third-order valence-corrected chi connectivity index (χ3v) is 2.61. The van der Waals surface area contributed by atoms with Crippen molar-refractivity contribution in [3.05, 3.63) is 30.2 Å². The van der Waals surface area contributed by atoms with E-state index in [0.717, 1.165) is 0 Å². The number of likely N-dealkylation sites (N-methyl/N-ethyl adjacent to an activating group) is 1. The maximum absolute atomic E-state index is 13.9. The number of carboxylic acid groups (broad SMARTS) is 1. The van der Waals surface area contributed by atoms with Crippen molar-refractivity contribution in [2.45, 2.75) is 0 Å². The van der Waals surface area contributed by atoms with Gasteiger partial charge in [0.25, 0.3) is 0 Å². The summed E-state index contributed by atoms with van der Waals surface area (Å²) in [6.07, 6.45) is 1.51. The van der Waals surface area contributed by atoms with Crippen molar-refractivity contribution in [1.29, 1.82) is 0 Å². The lowest BCUT2D eigenvalue weighted by atomic mass is 10.1. The number of nitrogens with zero attached hydrogens (tertiary/aromatic N) is 2. The van der Waals surface area contributed by atoms with Crippen LogP contribution in [-0.2, 0) is 4.79 Å². The molecule has 0 spiro atoms. The molecule has 0 amide bonds. The van der Waals surface area contributed by atoms with E-state index in [1.807, 2.05) is 0 Å². The molecule has 0 saturated carbocycles. The molecule has 0 fully saturated rings. The lowest BCUT2D eigenvalue weighted by Gasteiger charge is -2.19. The Morgan fingerprint density at radius 1 is 1.61 bits per heavy atom. The monoisotopic (exact) mass is 249 g/mol. The first-order valence-electron chi connectivity index (χ1n) is 5.26. The Morgan fingerprint density at radius 2 is 2.33 bits per heavy atom. The highest BCUT2D eigenvalue weighted by Crippen LogP contribution is 2.31. The van der Waals surface area contributed by atoms with Crippen LogP contribution in [-0.4, -0.2) is 29.7 Å². The molecule has 6 heteroatoms. The third-order valence-electron chi connectivity index (χ3n) is 2.61. The van der Waals surface area contributed by atoms with E-state index in [4.69, 9.17) is 10.8 Å². The lowest BCUT2D eigenvalue weighted by molar-refractivity contribution is -0.135. The van der Waals surface area contributed by atoms with Crippen LogP contribution in [0.25, 0.3) is 10.9 Å². The molecular formula is C12H12FN3O2. The highest BCUT2D eigenvalue weighted by molar-refractivity contribution is 5.99. The summed E-state index contributed by atoms with van der Waals surface area (Å²) in [5.74, 6) is -1.62. The van der Waals surface area contributed by atoms with Crippen LogP contribution in [0.4, 0.5) is 15.8 Å². The molecule has 1 aromatic carbocycles. The summed E-state index contributed by atoms with van der Waals surface area (Å²) in [5.41, 5.74) is 6.49. The van der Waals surface area contributed by atoms with Crippen LogP contribution in [0.15, 0.2) is 24.4 Å². The van der Waals surface area contributed by atoms with E-state index in [1.165, 1.54) is 24.2 Å². The zero-order valence-electron chi connectivity index (χ0n) is 9.72. The number of benzene rings is 1. The number of nitrogen functional groups attached to an aromatic ring is 1. The van der Waals surface area contributed by atoms with Gasteiger partial charge in [0.1, 0.15) is 12.2 Å². The van der Waals surface area contributed by atoms with E-state index >= 15 is 0 Å². The van der Waals surface area contributed by atoms with Gasteiger partial charge in [0, 0.05) is 24.3 Å². The summed E-state index contributed by atoms with van der Waals surface area (Å²) in [4.78, 5) is 16.1. The van der Waals surface area contributed by atoms with Crippen molar-refractivity contribution in [2.24, 2.45) is 0 Å². The number of hydrogen-bond donors (Lipinski definition) is 2. The minimum atomic E-state index is -1.04. The molecule has 0 atom stereocenters. The van der Waals surface area contributed by atoms with Crippen LogP contribution in [0, 0.1) is 5.82 Å². The number of pyridine rings is 1. The number of carbonyl (C=O) groups is 1. The number of halogens is 1. The Hall–Kier alpha value is -2.37. The Bertz CT molecular complexity index is 616. The fourth-order valence-corrected chi connectivity index (χ4v) is 1.87. The van der Waals surface area contributed by atoms with Crippen LogP contribution >= 0.6 is 0 Å². The molecule has 0 aliphatic carbocycles. The minimum Gasteiger partial charge on any atom is -0.480 e. The Morgan fingerprint density at radius 3 is 3.00 bits per heavy atom. The van der Waals surface area contributed by atoms with E-state index < -0.39 is 11.8 Å². The smallest absolute Gasteiger partial charge is 0.323 e. The van der Waals surface area contributed by atoms with E-state index in [-0.39, 0.29) is 17.9 Å². The van der Waals surface area contributed by atoms with Crippen LogP contribution in [0.3, 0.4) is 0 Å². The molecule has 0 bridgehead atoms. The Balaban J connectivity index is 2.66. The second kappa shape index (κ2) is 4.48. The van der Waals surface area contributed by atoms with Crippen LogP contribution < -0.4 is 10.6 Å². The predicted octanol–water partition coefficient (Wildman–Crippen LogP) is 1.48. The van der Waals surface area contributed by atoms with Gasteiger partial charge in [-0.1, -0.05) is 0 Å². The third kappa shape index (κ3) is 2.04. The maximum Gasteiger partial charge on any atom is 0.323 e. The van der Waals surface area contributed by atoms with Gasteiger partial charge in [-0.05, 0) is 18.2 Å². The normalized spacial score (nSPS) is 10.6. The minimum absolute atomic E-state index is 0.141. The van der Waals surface area contributed by atoms with Gasteiger partial charge in [0.2, 0.25) is 0 Å². The summed E-state index contributed by atoms with van der Waals surface area (Å²) in [5, 5.41) is 9.36. The summed E-state index contributed by atoms with van der Waals surface area (Å²) < 4.78 is 13.9. The molecule has 2 rings (SSSR count). The molecule has 18 heavy (non-hydrogen) atoms. The lowest BCUT2D eigenvalue weighted by Crippen LogP contribution is -2.26. The van der Waals surface area contributed by atoms with Crippen molar-refractivity contribution in [1.82, 2.24) is 4.98 Å². The predicted molar refractivity (Wildman–Crippen MR) is 67.0 cm³/mol. The number of hydrogen-bond acceptors (Lipinski definition) is 4. The van der Waals surface area contributed by atoms with Gasteiger partial charge in [-0.15, -0.1) is 0 Å². The van der Waals surface area contributed by atoms with Gasteiger partial charge >= 0.3 is 5.97 Å². The van der Waals surface area contributed by atoms with Crippen molar-refractivity contribution < 1.29 is 14.3 Å². The van der Waals surface area contributed by atoms with E-state index in [0.29, 0.717) is 10.9 Å². The fraction of sp³-hybridized carbons (Fsp3) is 0.167. The highest BCUT2D eigenvalue weighted by atomic mass is 19.1. The summed E-state index contributed by atoms with van der Waals surface area (Å²) in [6.45, 7) is -0.313. The first-order chi connectivity index (χ1) is 8.50. The van der Waals surface area contributed by atoms with Crippen molar-refractivity contribution in [2.75, 3.05) is 24.2 Å². The van der Waals surface area contributed by atoms with Gasteiger partial charge in [0.15, 0.2) is 5.82 Å². The number of aliphatic carboxylic acids is 1. The molecule has 0 unspecified atom stereocenters. The molecule has 0 saturated heterocycles. The SMILES string of the molecule is CN(CC(=O)O)c1c(F)cc(N)c2cccnc12. The van der Waals surface area contributed by atoms with E-state index in [9.17, 15) is 9.18 Å². The molecule has 1 heterocycles. The standard InChI is InChI=1S/C12H12FN3O2/c1-16(6-10(17)18)12-8(13)5-9(14)7-3-2-4-15-11(7)12/h2-5H,6,14H2,1H3,(H,17,18). The Labute approximate surface area is 103 Å². The molecule has 0 radical (unpaired) electrons. The molecule has 1 aromatic heterocycles. The average Bonchev–Trinajstić information content (AvgIpc) is 2.28. The van der Waals surface area contributed by atoms with Gasteiger partial charge < -0.3 is 15.7 Å². The molecule has 0 aliphatic heterocycles. The van der Waals surface area contributed by atoms with Gasteiger partial charge in [-0.3, -0.25) is 9.78 Å². The quantitative estimate of drug-likeness (QED) is 0.805. The number of nitrogens with two attached hydrogens (primary N) is 1. The summed E-state index contributed by atoms with van der Waals surface area (Å²) in [7, 11) is 1.50. The second-order valence-corrected chi connectivity index (χ2v) is 3.95. The zero-order valence-corrected chi connectivity index (χ0v) is 9.72. The molecule has 5 nitrogen and oxygen atoms in total. The number of carboxylic acids is 1. The number of rotatable bonds is 3. The van der Waals surface area contributed by atoms with E-state index in [1.54, 1.807) is 12.1 Å². The van der Waals surface area contributed by atoms with Crippen molar-refractivity contribution in [3.8, 4) is 0 Å². The first-order valence-corrected chi connectivity index (χ1v) is 5.26.